The van der Waals surface area contributed by atoms with E-state index in [2.05, 4.69) is 12.1 Å². The van der Waals surface area contributed by atoms with Crippen LogP contribution in [0.4, 0.5) is 0 Å². The minimum Gasteiger partial charge on any atom is -0.506 e. The Morgan fingerprint density at radius 1 is 1.20 bits per heavy atom. The third-order valence-corrected chi connectivity index (χ3v) is 5.40. The van der Waals surface area contributed by atoms with E-state index < -0.39 is 6.04 Å². The van der Waals surface area contributed by atoms with Gasteiger partial charge in [0.2, 0.25) is 6.04 Å². The second-order valence-corrected chi connectivity index (χ2v) is 6.56. The standard InChI is InChI=1S/C16H18N2O2/c17-18-13-11-16(20-14(13)19)8-6-15(18,7-9-16)10-12-4-2-1-3-5-12/h1-5,13H,6-11H2. The monoisotopic (exact) mass is 270 g/mol. The lowest BCUT2D eigenvalue weighted by Crippen LogP contribution is -2.51. The molecule has 1 saturated carbocycles. The topological polar surface area (TPSA) is 51.6 Å². The molecule has 1 spiro atoms. The van der Waals surface area contributed by atoms with Gasteiger partial charge >= 0.3 is 5.97 Å². The maximum atomic E-state index is 12.0. The van der Waals surface area contributed by atoms with Gasteiger partial charge in [-0.3, -0.25) is 0 Å². The molecule has 0 aromatic heterocycles. The van der Waals surface area contributed by atoms with E-state index in [1.54, 1.807) is 0 Å². The van der Waals surface area contributed by atoms with Crippen LogP contribution in [0.3, 0.4) is 0 Å². The van der Waals surface area contributed by atoms with Gasteiger partial charge < -0.3 is 15.0 Å². The molecule has 5 rings (SSSR count). The molecule has 0 amide bonds. The molecule has 104 valence electrons. The second kappa shape index (κ2) is 3.90. The molecule has 0 N–H and O–H groups in total. The van der Waals surface area contributed by atoms with Crippen molar-refractivity contribution >= 4 is 5.97 Å². The Hall–Kier alpha value is -1.71. The molecule has 3 aliphatic heterocycles. The highest BCUT2D eigenvalue weighted by Crippen LogP contribution is 2.51. The van der Waals surface area contributed by atoms with Crippen molar-refractivity contribution in [3.63, 3.8) is 0 Å². The van der Waals surface area contributed by atoms with Gasteiger partial charge in [0.25, 0.3) is 0 Å². The van der Waals surface area contributed by atoms with Crippen LogP contribution in [0.2, 0.25) is 0 Å². The Morgan fingerprint density at radius 2 is 1.90 bits per heavy atom. The van der Waals surface area contributed by atoms with E-state index in [-0.39, 0.29) is 17.1 Å². The summed E-state index contributed by atoms with van der Waals surface area (Å²) in [5.74, 6) is -0.246. The minimum atomic E-state index is -0.469. The summed E-state index contributed by atoms with van der Waals surface area (Å²) in [6, 6.07) is 9.76. The molecule has 3 bridgehead atoms. The quantitative estimate of drug-likeness (QED) is 0.612. The molecule has 4 nitrogen and oxygen atoms in total. The van der Waals surface area contributed by atoms with E-state index in [1.165, 1.54) is 10.3 Å². The number of rotatable bonds is 2. The summed E-state index contributed by atoms with van der Waals surface area (Å²) in [4.78, 5) is 12.0. The first-order valence-electron chi connectivity index (χ1n) is 7.38. The van der Waals surface area contributed by atoms with Gasteiger partial charge in [-0.1, -0.05) is 30.3 Å². The molecule has 3 saturated heterocycles. The molecule has 1 aromatic carbocycles. The van der Waals surface area contributed by atoms with Crippen molar-refractivity contribution in [2.45, 2.75) is 55.7 Å². The van der Waals surface area contributed by atoms with Crippen LogP contribution in [-0.2, 0) is 16.0 Å². The average Bonchev–Trinajstić information content (AvgIpc) is 2.67. The zero-order valence-corrected chi connectivity index (χ0v) is 11.4. The number of hydrogen-bond donors (Lipinski definition) is 0. The van der Waals surface area contributed by atoms with Gasteiger partial charge in [0.1, 0.15) is 5.60 Å². The van der Waals surface area contributed by atoms with E-state index >= 15 is 0 Å². The predicted octanol–water partition coefficient (Wildman–Crippen LogP) is 2.64. The molecule has 0 radical (unpaired) electrons. The Bertz CT molecular complexity index is 573. The van der Waals surface area contributed by atoms with Crippen molar-refractivity contribution in [2.24, 2.45) is 0 Å². The summed E-state index contributed by atoms with van der Waals surface area (Å²) in [7, 11) is 0. The van der Waals surface area contributed by atoms with E-state index in [9.17, 15) is 10.3 Å². The van der Waals surface area contributed by atoms with Crippen LogP contribution in [0.1, 0.15) is 37.7 Å². The molecule has 1 unspecified atom stereocenters. The van der Waals surface area contributed by atoms with Crippen molar-refractivity contribution in [1.29, 1.82) is 0 Å². The number of carbonyl (C=O) groups excluding carboxylic acids is 1. The third kappa shape index (κ3) is 1.57. The fourth-order valence-electron chi connectivity index (χ4n) is 4.22. The van der Waals surface area contributed by atoms with Crippen LogP contribution in [0.25, 0.3) is 5.53 Å². The van der Waals surface area contributed by atoms with E-state index in [1.807, 2.05) is 18.2 Å². The number of benzene rings is 1. The molecule has 1 atom stereocenters. The molecule has 4 fully saturated rings. The highest BCUT2D eigenvalue weighted by atomic mass is 16.6. The zero-order valence-electron chi connectivity index (χ0n) is 11.4. The van der Waals surface area contributed by atoms with E-state index in [0.717, 1.165) is 32.1 Å². The van der Waals surface area contributed by atoms with Crippen LogP contribution < -0.4 is 0 Å². The molecule has 1 aromatic rings. The Labute approximate surface area is 118 Å². The number of carbonyl (C=O) groups is 1. The first kappa shape index (κ1) is 12.1. The highest BCUT2D eigenvalue weighted by Gasteiger charge is 2.62. The fourth-order valence-corrected chi connectivity index (χ4v) is 4.22. The summed E-state index contributed by atoms with van der Waals surface area (Å²) in [6.45, 7) is 0. The Balaban J connectivity index is 1.71. The lowest BCUT2D eigenvalue weighted by Gasteiger charge is -2.41. The van der Waals surface area contributed by atoms with Crippen molar-refractivity contribution in [2.75, 3.05) is 0 Å². The fraction of sp³-hybridized carbons (Fsp3) is 0.562. The Morgan fingerprint density at radius 3 is 2.60 bits per heavy atom. The molecule has 3 heterocycles. The van der Waals surface area contributed by atoms with Gasteiger partial charge in [-0.15, -0.1) is 0 Å². The lowest BCUT2D eigenvalue weighted by molar-refractivity contribution is -0.647. The van der Waals surface area contributed by atoms with E-state index in [4.69, 9.17) is 4.74 Å². The van der Waals surface area contributed by atoms with Gasteiger partial charge in [0.05, 0.1) is 6.42 Å². The first-order chi connectivity index (χ1) is 9.63. The van der Waals surface area contributed by atoms with Gasteiger partial charge in [-0.05, 0) is 18.4 Å². The lowest BCUT2D eigenvalue weighted by atomic mass is 9.72. The van der Waals surface area contributed by atoms with Crippen molar-refractivity contribution < 1.29 is 14.2 Å². The average molecular weight is 270 g/mol. The van der Waals surface area contributed by atoms with Crippen molar-refractivity contribution in [3.05, 3.63) is 41.4 Å². The summed E-state index contributed by atoms with van der Waals surface area (Å²) >= 11 is 0. The maximum Gasteiger partial charge on any atom is 0.375 e. The highest BCUT2D eigenvalue weighted by molar-refractivity contribution is 5.77. The number of esters is 1. The van der Waals surface area contributed by atoms with Crippen LogP contribution in [0.15, 0.2) is 30.3 Å². The van der Waals surface area contributed by atoms with E-state index in [0.29, 0.717) is 6.42 Å². The molecule has 20 heavy (non-hydrogen) atoms. The molecule has 1 aliphatic carbocycles. The third-order valence-electron chi connectivity index (χ3n) is 5.40. The van der Waals surface area contributed by atoms with Gasteiger partial charge in [-0.25, -0.2) is 4.79 Å². The predicted molar refractivity (Wildman–Crippen MR) is 72.2 cm³/mol. The summed E-state index contributed by atoms with van der Waals surface area (Å²) in [5, 5.41) is 0. The Kier molecular flexibility index (Phi) is 2.35. The summed E-state index contributed by atoms with van der Waals surface area (Å²) < 4.78 is 6.90. The number of nitrogens with zero attached hydrogens (tertiary/aromatic N) is 2. The van der Waals surface area contributed by atoms with Gasteiger partial charge in [0.15, 0.2) is 5.54 Å². The normalized spacial score (nSPS) is 38.7. The van der Waals surface area contributed by atoms with Crippen molar-refractivity contribution in [3.8, 4) is 0 Å². The molecule has 4 aliphatic rings. The second-order valence-electron chi connectivity index (χ2n) is 6.56. The smallest absolute Gasteiger partial charge is 0.375 e. The SMILES string of the molecule is [N-]=[N+]1C2CC3(CCC1(Cc1ccccc1)CC3)OC2=O. The number of hydrogen-bond acceptors (Lipinski definition) is 2. The largest absolute Gasteiger partial charge is 0.506 e. The van der Waals surface area contributed by atoms with Gasteiger partial charge in [-0.2, -0.15) is 0 Å². The number of fused-ring (bicyclic) bond motifs is 2. The molecular weight excluding hydrogens is 252 g/mol. The summed E-state index contributed by atoms with van der Waals surface area (Å²) in [6.07, 6.45) is 4.98. The minimum absolute atomic E-state index is 0.246. The first-order valence-corrected chi connectivity index (χ1v) is 7.38. The van der Waals surface area contributed by atoms with Crippen LogP contribution in [-0.4, -0.2) is 27.8 Å². The number of ether oxygens (including phenoxy) is 1. The van der Waals surface area contributed by atoms with Crippen LogP contribution >= 0.6 is 0 Å². The zero-order chi connectivity index (χ0) is 13.8. The molecular formula is C16H18N2O2. The van der Waals surface area contributed by atoms with Crippen LogP contribution in [0.5, 0.6) is 0 Å². The molecule has 4 heteroatoms. The summed E-state index contributed by atoms with van der Waals surface area (Å²) in [5.41, 5.74) is 11.3. The maximum absolute atomic E-state index is 12.0. The van der Waals surface area contributed by atoms with Gasteiger partial charge in [0, 0.05) is 19.3 Å². The van der Waals surface area contributed by atoms with Crippen molar-refractivity contribution in [1.82, 2.24) is 0 Å². The van der Waals surface area contributed by atoms with Crippen LogP contribution in [0, 0.1) is 0 Å².